The van der Waals surface area contributed by atoms with Gasteiger partial charge in [0.05, 0.1) is 5.69 Å². The van der Waals surface area contributed by atoms with Crippen LogP contribution in [0.15, 0.2) is 24.4 Å². The molecule has 2 aromatic rings. The minimum absolute atomic E-state index is 0.267. The Kier molecular flexibility index (Phi) is 1.79. The maximum atomic E-state index is 13.2. The van der Waals surface area contributed by atoms with Gasteiger partial charge in [0, 0.05) is 6.20 Å². The van der Waals surface area contributed by atoms with Crippen molar-refractivity contribution in [3.8, 4) is 0 Å². The van der Waals surface area contributed by atoms with Crippen molar-refractivity contribution in [2.24, 2.45) is 0 Å². The molecule has 0 fully saturated rings. The third-order valence-electron chi connectivity index (χ3n) is 2.05. The minimum Gasteiger partial charge on any atom is -0.276 e. The molecule has 0 saturated carbocycles. The van der Waals surface area contributed by atoms with Gasteiger partial charge in [0.25, 0.3) is 0 Å². The largest absolute Gasteiger partial charge is 0.276 e. The second-order valence-electron chi connectivity index (χ2n) is 3.40. The van der Waals surface area contributed by atoms with Gasteiger partial charge in [-0.1, -0.05) is 19.9 Å². The van der Waals surface area contributed by atoms with Crippen molar-refractivity contribution in [3.05, 3.63) is 36.0 Å². The van der Waals surface area contributed by atoms with Crippen LogP contribution < -0.4 is 0 Å². The van der Waals surface area contributed by atoms with Crippen LogP contribution in [0, 0.1) is 5.95 Å². The van der Waals surface area contributed by atoms with E-state index in [4.69, 9.17) is 0 Å². The van der Waals surface area contributed by atoms with E-state index in [2.05, 4.69) is 4.98 Å². The summed E-state index contributed by atoms with van der Waals surface area (Å²) in [5, 5.41) is 0. The highest BCUT2D eigenvalue weighted by atomic mass is 19.1. The van der Waals surface area contributed by atoms with Crippen molar-refractivity contribution in [2.75, 3.05) is 0 Å². The molecule has 0 N–H and O–H groups in total. The van der Waals surface area contributed by atoms with Crippen molar-refractivity contribution in [3.63, 3.8) is 0 Å². The number of halogens is 1. The van der Waals surface area contributed by atoms with Crippen molar-refractivity contribution in [1.29, 1.82) is 0 Å². The molecule has 0 atom stereocenters. The number of pyridine rings is 1. The maximum absolute atomic E-state index is 13.2. The van der Waals surface area contributed by atoms with Gasteiger partial charge in [-0.25, -0.2) is 4.98 Å². The Morgan fingerprint density at radius 1 is 1.38 bits per heavy atom. The van der Waals surface area contributed by atoms with E-state index in [1.807, 2.05) is 13.8 Å². The molecule has 0 aromatic carbocycles. The molecule has 2 heterocycles. The summed E-state index contributed by atoms with van der Waals surface area (Å²) in [5.74, 6) is 0.0659. The zero-order valence-electron chi connectivity index (χ0n) is 7.66. The lowest BCUT2D eigenvalue weighted by Gasteiger charge is -1.95. The molecule has 13 heavy (non-hydrogen) atoms. The zero-order chi connectivity index (χ0) is 9.42. The van der Waals surface area contributed by atoms with Gasteiger partial charge in [-0.2, -0.15) is 4.39 Å². The third kappa shape index (κ3) is 1.30. The first-order valence-corrected chi connectivity index (χ1v) is 4.32. The Morgan fingerprint density at radius 2 is 2.15 bits per heavy atom. The molecular formula is C10H11FN2. The van der Waals surface area contributed by atoms with Crippen LogP contribution in [0.2, 0.25) is 0 Å². The van der Waals surface area contributed by atoms with E-state index in [9.17, 15) is 4.39 Å². The number of rotatable bonds is 1. The average Bonchev–Trinajstić information content (AvgIpc) is 2.49. The Balaban J connectivity index is 2.68. The Morgan fingerprint density at radius 3 is 2.77 bits per heavy atom. The molecule has 0 aliphatic heterocycles. The lowest BCUT2D eigenvalue weighted by Crippen LogP contribution is -1.88. The lowest BCUT2D eigenvalue weighted by molar-refractivity contribution is 0.567. The highest BCUT2D eigenvalue weighted by molar-refractivity contribution is 5.40. The minimum atomic E-state index is -0.267. The maximum Gasteiger partial charge on any atom is 0.199 e. The Bertz CT molecular complexity index is 431. The van der Waals surface area contributed by atoms with E-state index in [1.165, 1.54) is 10.5 Å². The van der Waals surface area contributed by atoms with Gasteiger partial charge in [-0.3, -0.25) is 4.40 Å². The van der Waals surface area contributed by atoms with Gasteiger partial charge >= 0.3 is 0 Å². The van der Waals surface area contributed by atoms with Crippen molar-refractivity contribution in [1.82, 2.24) is 9.38 Å². The number of hydrogen-bond donors (Lipinski definition) is 0. The normalized spacial score (nSPS) is 11.4. The molecule has 0 amide bonds. The Labute approximate surface area is 76.0 Å². The topological polar surface area (TPSA) is 17.3 Å². The van der Waals surface area contributed by atoms with E-state index in [0.29, 0.717) is 11.6 Å². The molecular weight excluding hydrogens is 167 g/mol. The fourth-order valence-electron chi connectivity index (χ4n) is 1.27. The van der Waals surface area contributed by atoms with Gasteiger partial charge in [0.2, 0.25) is 0 Å². The standard InChI is InChI=1S/C10H11FN2/c1-7(2)8-6-13-9(11)4-3-5-10(13)12-8/h3-7H,1-2H3. The highest BCUT2D eigenvalue weighted by Crippen LogP contribution is 2.15. The predicted molar refractivity (Wildman–Crippen MR) is 49.2 cm³/mol. The number of imidazole rings is 1. The van der Waals surface area contributed by atoms with Crippen molar-refractivity contribution >= 4 is 5.65 Å². The molecule has 2 aromatic heterocycles. The third-order valence-corrected chi connectivity index (χ3v) is 2.05. The molecule has 2 nitrogen and oxygen atoms in total. The summed E-state index contributed by atoms with van der Waals surface area (Å²) in [7, 11) is 0. The first-order valence-electron chi connectivity index (χ1n) is 4.32. The number of fused-ring (bicyclic) bond motifs is 1. The quantitative estimate of drug-likeness (QED) is 0.613. The zero-order valence-corrected chi connectivity index (χ0v) is 7.66. The number of hydrogen-bond acceptors (Lipinski definition) is 1. The summed E-state index contributed by atoms with van der Waals surface area (Å²) >= 11 is 0. The molecule has 0 bridgehead atoms. The van der Waals surface area contributed by atoms with E-state index in [0.717, 1.165) is 5.69 Å². The summed E-state index contributed by atoms with van der Waals surface area (Å²) < 4.78 is 14.7. The monoisotopic (exact) mass is 178 g/mol. The fraction of sp³-hybridized carbons (Fsp3) is 0.300. The van der Waals surface area contributed by atoms with Crippen LogP contribution in [0.4, 0.5) is 4.39 Å². The number of nitrogens with zero attached hydrogens (tertiary/aromatic N) is 2. The molecule has 68 valence electrons. The lowest BCUT2D eigenvalue weighted by atomic mass is 10.2. The van der Waals surface area contributed by atoms with Crippen LogP contribution in [0.1, 0.15) is 25.5 Å². The van der Waals surface area contributed by atoms with Crippen LogP contribution in [-0.2, 0) is 0 Å². The molecule has 2 rings (SSSR count). The highest BCUT2D eigenvalue weighted by Gasteiger charge is 2.06. The Hall–Kier alpha value is -1.38. The van der Waals surface area contributed by atoms with Gasteiger partial charge in [-0.15, -0.1) is 0 Å². The van der Waals surface area contributed by atoms with Crippen LogP contribution in [0.25, 0.3) is 5.65 Å². The van der Waals surface area contributed by atoms with E-state index < -0.39 is 0 Å². The SMILES string of the molecule is CC(C)c1cn2c(F)cccc2n1. The van der Waals surface area contributed by atoms with Crippen LogP contribution in [0.3, 0.4) is 0 Å². The number of aromatic nitrogens is 2. The molecule has 3 heteroatoms. The van der Waals surface area contributed by atoms with Crippen molar-refractivity contribution < 1.29 is 4.39 Å². The second-order valence-corrected chi connectivity index (χ2v) is 3.40. The summed E-state index contributed by atoms with van der Waals surface area (Å²) in [5.41, 5.74) is 1.59. The summed E-state index contributed by atoms with van der Waals surface area (Å²) in [6, 6.07) is 4.90. The molecule has 0 aliphatic carbocycles. The van der Waals surface area contributed by atoms with Crippen LogP contribution in [-0.4, -0.2) is 9.38 Å². The molecule has 0 aliphatic rings. The first kappa shape index (κ1) is 8.23. The second kappa shape index (κ2) is 2.83. The van der Waals surface area contributed by atoms with Gasteiger partial charge in [0.15, 0.2) is 5.95 Å². The summed E-state index contributed by atoms with van der Waals surface area (Å²) in [4.78, 5) is 4.30. The molecule has 0 unspecified atom stereocenters. The van der Waals surface area contributed by atoms with Crippen LogP contribution >= 0.6 is 0 Å². The molecule has 0 spiro atoms. The smallest absolute Gasteiger partial charge is 0.199 e. The predicted octanol–water partition coefficient (Wildman–Crippen LogP) is 2.60. The van der Waals surface area contributed by atoms with Crippen molar-refractivity contribution in [2.45, 2.75) is 19.8 Å². The summed E-state index contributed by atoms with van der Waals surface area (Å²) in [6.45, 7) is 4.08. The van der Waals surface area contributed by atoms with Gasteiger partial charge in [0.1, 0.15) is 5.65 Å². The molecule has 0 saturated heterocycles. The van der Waals surface area contributed by atoms with E-state index >= 15 is 0 Å². The molecule has 0 radical (unpaired) electrons. The van der Waals surface area contributed by atoms with Crippen LogP contribution in [0.5, 0.6) is 0 Å². The van der Waals surface area contributed by atoms with Gasteiger partial charge in [-0.05, 0) is 18.1 Å². The van der Waals surface area contributed by atoms with E-state index in [-0.39, 0.29) is 5.95 Å². The fourth-order valence-corrected chi connectivity index (χ4v) is 1.27. The first-order chi connectivity index (χ1) is 6.18. The average molecular weight is 178 g/mol. The van der Waals surface area contributed by atoms with Gasteiger partial charge < -0.3 is 0 Å². The summed E-state index contributed by atoms with van der Waals surface area (Å²) in [6.07, 6.45) is 1.75. The van der Waals surface area contributed by atoms with E-state index in [1.54, 1.807) is 18.3 Å².